The Hall–Kier alpha value is -2.10. The normalized spacial score (nSPS) is 16.8. The number of carbonyl (C=O) groups excluding carboxylic acids is 1. The number of amides is 1. The van der Waals surface area contributed by atoms with Gasteiger partial charge < -0.3 is 10.0 Å². The second-order valence-corrected chi connectivity index (χ2v) is 5.91. The van der Waals surface area contributed by atoms with E-state index in [2.05, 4.69) is 0 Å². The van der Waals surface area contributed by atoms with Crippen molar-refractivity contribution in [3.63, 3.8) is 0 Å². The highest BCUT2D eigenvalue weighted by molar-refractivity contribution is 5.92. The van der Waals surface area contributed by atoms with Gasteiger partial charge in [0.15, 0.2) is 0 Å². The number of benzene rings is 1. The van der Waals surface area contributed by atoms with Gasteiger partial charge in [0, 0.05) is 18.7 Å². The van der Waals surface area contributed by atoms with Crippen molar-refractivity contribution in [1.82, 2.24) is 4.90 Å². The summed E-state index contributed by atoms with van der Waals surface area (Å²) in [7, 11) is 0. The third kappa shape index (κ3) is 4.45. The van der Waals surface area contributed by atoms with E-state index in [0.717, 1.165) is 31.2 Å². The first-order valence-corrected chi connectivity index (χ1v) is 7.84. The number of hydrogen-bond acceptors (Lipinski definition) is 2. The summed E-state index contributed by atoms with van der Waals surface area (Å²) < 4.78 is 0. The summed E-state index contributed by atoms with van der Waals surface area (Å²) in [6, 6.07) is 9.82. The summed E-state index contributed by atoms with van der Waals surface area (Å²) in [5.74, 6) is -1.50. The SMILES string of the molecule is CC(CN(C(=O)/C=C/c1ccccc1)C1CCCC1)C(=O)O. The van der Waals surface area contributed by atoms with E-state index in [4.69, 9.17) is 5.11 Å². The van der Waals surface area contributed by atoms with E-state index in [1.165, 1.54) is 0 Å². The van der Waals surface area contributed by atoms with E-state index in [1.54, 1.807) is 24.0 Å². The van der Waals surface area contributed by atoms with Crippen LogP contribution in [0.2, 0.25) is 0 Å². The number of hydrogen-bond donors (Lipinski definition) is 1. The van der Waals surface area contributed by atoms with Gasteiger partial charge in [-0.25, -0.2) is 0 Å². The maximum atomic E-state index is 12.5. The topological polar surface area (TPSA) is 57.6 Å². The van der Waals surface area contributed by atoms with Gasteiger partial charge in [-0.3, -0.25) is 9.59 Å². The van der Waals surface area contributed by atoms with Gasteiger partial charge >= 0.3 is 5.97 Å². The Balaban J connectivity index is 2.08. The van der Waals surface area contributed by atoms with Crippen LogP contribution < -0.4 is 0 Å². The number of carbonyl (C=O) groups is 2. The zero-order valence-corrected chi connectivity index (χ0v) is 12.9. The molecule has 0 bridgehead atoms. The fourth-order valence-electron chi connectivity index (χ4n) is 2.84. The van der Waals surface area contributed by atoms with Gasteiger partial charge in [-0.15, -0.1) is 0 Å². The van der Waals surface area contributed by atoms with Gasteiger partial charge in [-0.1, -0.05) is 50.1 Å². The lowest BCUT2D eigenvalue weighted by Gasteiger charge is -2.29. The predicted octanol–water partition coefficient (Wildman–Crippen LogP) is 3.19. The van der Waals surface area contributed by atoms with Crippen molar-refractivity contribution in [3.8, 4) is 0 Å². The molecule has 118 valence electrons. The van der Waals surface area contributed by atoms with Gasteiger partial charge in [-0.2, -0.15) is 0 Å². The molecule has 1 aliphatic rings. The monoisotopic (exact) mass is 301 g/mol. The number of nitrogens with zero attached hydrogens (tertiary/aromatic N) is 1. The minimum Gasteiger partial charge on any atom is -0.481 e. The van der Waals surface area contributed by atoms with Gasteiger partial charge in [0.1, 0.15) is 0 Å². The van der Waals surface area contributed by atoms with Crippen LogP contribution in [0, 0.1) is 5.92 Å². The molecule has 0 heterocycles. The molecule has 1 unspecified atom stereocenters. The molecule has 1 aromatic carbocycles. The second-order valence-electron chi connectivity index (χ2n) is 5.91. The third-order valence-corrected chi connectivity index (χ3v) is 4.16. The molecule has 0 aromatic heterocycles. The van der Waals surface area contributed by atoms with E-state index in [1.807, 2.05) is 30.3 Å². The molecule has 4 heteroatoms. The van der Waals surface area contributed by atoms with E-state index < -0.39 is 11.9 Å². The summed E-state index contributed by atoms with van der Waals surface area (Å²) in [6.07, 6.45) is 7.50. The Morgan fingerprint density at radius 2 is 1.91 bits per heavy atom. The summed E-state index contributed by atoms with van der Waals surface area (Å²) in [5, 5.41) is 9.11. The lowest BCUT2D eigenvalue weighted by molar-refractivity contribution is -0.143. The van der Waals surface area contributed by atoms with Crippen molar-refractivity contribution in [2.24, 2.45) is 5.92 Å². The summed E-state index contributed by atoms with van der Waals surface area (Å²) >= 11 is 0. The van der Waals surface area contributed by atoms with Gasteiger partial charge in [0.2, 0.25) is 5.91 Å². The van der Waals surface area contributed by atoms with Crippen molar-refractivity contribution in [3.05, 3.63) is 42.0 Å². The molecular formula is C18H23NO3. The fourth-order valence-corrected chi connectivity index (χ4v) is 2.84. The molecular weight excluding hydrogens is 278 g/mol. The predicted molar refractivity (Wildman–Crippen MR) is 86.2 cm³/mol. The highest BCUT2D eigenvalue weighted by Gasteiger charge is 2.28. The lowest BCUT2D eigenvalue weighted by atomic mass is 10.1. The zero-order valence-electron chi connectivity index (χ0n) is 12.9. The van der Waals surface area contributed by atoms with Crippen molar-refractivity contribution in [2.45, 2.75) is 38.6 Å². The van der Waals surface area contributed by atoms with Gasteiger partial charge in [-0.05, 0) is 24.5 Å². The summed E-state index contributed by atoms with van der Waals surface area (Å²) in [6.45, 7) is 1.93. The Bertz CT molecular complexity index is 533. The Morgan fingerprint density at radius 1 is 1.27 bits per heavy atom. The number of carboxylic acid groups (broad SMARTS) is 1. The molecule has 0 radical (unpaired) electrons. The lowest BCUT2D eigenvalue weighted by Crippen LogP contribution is -2.42. The van der Waals surface area contributed by atoms with Crippen molar-refractivity contribution in [1.29, 1.82) is 0 Å². The number of rotatable bonds is 6. The van der Waals surface area contributed by atoms with E-state index in [-0.39, 0.29) is 18.5 Å². The molecule has 0 saturated heterocycles. The van der Waals surface area contributed by atoms with E-state index in [0.29, 0.717) is 0 Å². The molecule has 1 fully saturated rings. The van der Waals surface area contributed by atoms with Gasteiger partial charge in [0.05, 0.1) is 5.92 Å². The average Bonchev–Trinajstić information content (AvgIpc) is 3.05. The molecule has 1 aliphatic carbocycles. The summed E-state index contributed by atoms with van der Waals surface area (Å²) in [5.41, 5.74) is 0.966. The average molecular weight is 301 g/mol. The van der Waals surface area contributed by atoms with Crippen molar-refractivity contribution < 1.29 is 14.7 Å². The van der Waals surface area contributed by atoms with Crippen LogP contribution in [-0.4, -0.2) is 34.5 Å². The third-order valence-electron chi connectivity index (χ3n) is 4.16. The molecule has 1 N–H and O–H groups in total. The molecule has 1 atom stereocenters. The number of aliphatic carboxylic acids is 1. The quantitative estimate of drug-likeness (QED) is 0.821. The molecule has 1 saturated carbocycles. The van der Waals surface area contributed by atoms with Crippen LogP contribution in [-0.2, 0) is 9.59 Å². The maximum Gasteiger partial charge on any atom is 0.308 e. The van der Waals surface area contributed by atoms with Crippen molar-refractivity contribution >= 4 is 18.0 Å². The smallest absolute Gasteiger partial charge is 0.308 e. The van der Waals surface area contributed by atoms with Crippen LogP contribution in [0.1, 0.15) is 38.2 Å². The van der Waals surface area contributed by atoms with E-state index >= 15 is 0 Å². The molecule has 1 amide bonds. The Kier molecular flexibility index (Phi) is 5.75. The second kappa shape index (κ2) is 7.78. The standard InChI is InChI=1S/C18H23NO3/c1-14(18(21)22)13-19(16-9-5-6-10-16)17(20)12-11-15-7-3-2-4-8-15/h2-4,7-8,11-12,14,16H,5-6,9-10,13H2,1H3,(H,21,22)/b12-11+. The van der Waals surface area contributed by atoms with Crippen LogP contribution in [0.5, 0.6) is 0 Å². The van der Waals surface area contributed by atoms with Crippen LogP contribution in [0.4, 0.5) is 0 Å². The Morgan fingerprint density at radius 3 is 2.50 bits per heavy atom. The molecule has 0 aliphatic heterocycles. The number of carboxylic acids is 1. The first-order chi connectivity index (χ1) is 10.6. The van der Waals surface area contributed by atoms with Gasteiger partial charge in [0.25, 0.3) is 0 Å². The maximum absolute atomic E-state index is 12.5. The Labute approximate surface area is 131 Å². The van der Waals surface area contributed by atoms with Crippen molar-refractivity contribution in [2.75, 3.05) is 6.54 Å². The molecule has 2 rings (SSSR count). The first-order valence-electron chi connectivity index (χ1n) is 7.84. The fraction of sp³-hybridized carbons (Fsp3) is 0.444. The first kappa shape index (κ1) is 16.3. The highest BCUT2D eigenvalue weighted by Crippen LogP contribution is 2.24. The molecule has 22 heavy (non-hydrogen) atoms. The summed E-state index contributed by atoms with van der Waals surface area (Å²) in [4.78, 5) is 25.3. The molecule has 0 spiro atoms. The zero-order chi connectivity index (χ0) is 15.9. The van der Waals surface area contributed by atoms with Crippen LogP contribution in [0.3, 0.4) is 0 Å². The molecule has 1 aromatic rings. The highest BCUT2D eigenvalue weighted by atomic mass is 16.4. The van der Waals surface area contributed by atoms with Crippen LogP contribution in [0.15, 0.2) is 36.4 Å². The van der Waals surface area contributed by atoms with E-state index in [9.17, 15) is 9.59 Å². The van der Waals surface area contributed by atoms with Crippen LogP contribution in [0.25, 0.3) is 6.08 Å². The molecule has 4 nitrogen and oxygen atoms in total. The minimum absolute atomic E-state index is 0.0937. The van der Waals surface area contributed by atoms with Crippen LogP contribution >= 0.6 is 0 Å². The largest absolute Gasteiger partial charge is 0.481 e. The minimum atomic E-state index is -0.858.